The molecule has 0 aromatic rings. The standard InChI is InChI=1S/C42H62O16/c1-37(2)21-8-11-42(7)31(20(43)16-18-19-17-39(4,36(53)54)13-12-38(19,3)14-15-41(18,42)6)40(21,5)10-9-22(37)55-35-30(26(47)25(46)29(57-35)33(51)52)58-34-27(48)23(44)24(45)28(56-34)32(49)50/h16,19,21-31,34-35,44-48H,8-15,17H2,1-7H3,(H,49,50)(H,51,52)(H,53,54)/t19-,21-,22-,23-,24-,25-,26-,27+,28-,29-,30+,31+,34+,35+,38+,39-,40-,41+,42+/m0/s1. The summed E-state index contributed by atoms with van der Waals surface area (Å²) >= 11 is 0. The molecule has 2 aliphatic heterocycles. The molecule has 0 unspecified atom stereocenters. The molecule has 16 nitrogen and oxygen atoms in total. The molecule has 7 rings (SSSR count). The highest BCUT2D eigenvalue weighted by Crippen LogP contribution is 2.75. The Balaban J connectivity index is 1.17. The summed E-state index contributed by atoms with van der Waals surface area (Å²) in [6.45, 7) is 14.8. The number of hydrogen-bond acceptors (Lipinski definition) is 13. The molecule has 58 heavy (non-hydrogen) atoms. The Morgan fingerprint density at radius 1 is 0.690 bits per heavy atom. The topological polar surface area (TPSA) is 267 Å². The first-order chi connectivity index (χ1) is 26.8. The van der Waals surface area contributed by atoms with Crippen molar-refractivity contribution in [3.8, 4) is 0 Å². The van der Waals surface area contributed by atoms with Crippen LogP contribution < -0.4 is 0 Å². The SMILES string of the molecule is CC1(C)[C@@H](O[C@@H]2O[C@H](C(=O)O)[C@@H](O)[C@H](O)[C@H]2O[C@H]2O[C@H](C(=O)O)[C@@H](O)[C@H](O)[C@H]2O)CC[C@]2(C)[C@H]3C(=O)C=C4[C@@H]5C[C@@](C)(C(=O)O)CC[C@]5(C)CC[C@@]4(C)[C@]3(C)CC[C@@H]12. The summed E-state index contributed by atoms with van der Waals surface area (Å²) in [6, 6.07) is 0. The zero-order valence-electron chi connectivity index (χ0n) is 34.4. The largest absolute Gasteiger partial charge is 0.481 e. The zero-order valence-corrected chi connectivity index (χ0v) is 34.4. The van der Waals surface area contributed by atoms with Gasteiger partial charge in [0.1, 0.15) is 36.6 Å². The second-order valence-corrected chi connectivity index (χ2v) is 20.6. The number of ketones is 1. The Bertz CT molecular complexity index is 1730. The maximum atomic E-state index is 14.8. The maximum absolute atomic E-state index is 14.8. The van der Waals surface area contributed by atoms with Gasteiger partial charge in [-0.25, -0.2) is 9.59 Å². The number of ether oxygens (including phenoxy) is 4. The van der Waals surface area contributed by atoms with Crippen LogP contribution in [0.1, 0.15) is 106 Å². The molecule has 0 radical (unpaired) electrons. The van der Waals surface area contributed by atoms with Crippen molar-refractivity contribution in [2.75, 3.05) is 0 Å². The van der Waals surface area contributed by atoms with Gasteiger partial charge in [-0.15, -0.1) is 0 Å². The number of fused-ring (bicyclic) bond motifs is 7. The zero-order chi connectivity index (χ0) is 42.9. The van der Waals surface area contributed by atoms with E-state index in [2.05, 4.69) is 27.7 Å². The fourth-order valence-corrected chi connectivity index (χ4v) is 13.4. The van der Waals surface area contributed by atoms with Crippen molar-refractivity contribution in [3.05, 3.63) is 11.6 Å². The van der Waals surface area contributed by atoms with E-state index in [1.54, 1.807) is 0 Å². The molecule has 0 aromatic heterocycles. The maximum Gasteiger partial charge on any atom is 0.335 e. The number of aliphatic hydroxyl groups excluding tert-OH is 5. The van der Waals surface area contributed by atoms with Crippen LogP contribution in [0.4, 0.5) is 0 Å². The highest BCUT2D eigenvalue weighted by molar-refractivity contribution is 5.95. The summed E-state index contributed by atoms with van der Waals surface area (Å²) < 4.78 is 23.4. The van der Waals surface area contributed by atoms with Crippen LogP contribution in [0.2, 0.25) is 0 Å². The van der Waals surface area contributed by atoms with Gasteiger partial charge in [-0.1, -0.05) is 47.1 Å². The lowest BCUT2D eigenvalue weighted by atomic mass is 9.33. The summed E-state index contributed by atoms with van der Waals surface area (Å²) in [4.78, 5) is 51.3. The smallest absolute Gasteiger partial charge is 0.335 e. The van der Waals surface area contributed by atoms with Crippen LogP contribution in [0.15, 0.2) is 11.6 Å². The van der Waals surface area contributed by atoms with Gasteiger partial charge in [0.25, 0.3) is 0 Å². The van der Waals surface area contributed by atoms with E-state index in [9.17, 15) is 60.0 Å². The van der Waals surface area contributed by atoms with Crippen LogP contribution in [0.3, 0.4) is 0 Å². The number of hydrogen-bond donors (Lipinski definition) is 8. The number of carbonyl (C=O) groups excluding carboxylic acids is 1. The molecular weight excluding hydrogens is 760 g/mol. The molecule has 0 spiro atoms. The average Bonchev–Trinajstić information content (AvgIpc) is 3.13. The van der Waals surface area contributed by atoms with Crippen molar-refractivity contribution in [1.29, 1.82) is 0 Å². The average molecular weight is 823 g/mol. The Labute approximate surface area is 337 Å². The predicted octanol–water partition coefficient (Wildman–Crippen LogP) is 2.25. The third kappa shape index (κ3) is 6.25. The monoisotopic (exact) mass is 822 g/mol. The lowest BCUT2D eigenvalue weighted by molar-refractivity contribution is -0.371. The Morgan fingerprint density at radius 3 is 1.88 bits per heavy atom. The van der Waals surface area contributed by atoms with Gasteiger partial charge >= 0.3 is 17.9 Å². The molecule has 2 saturated heterocycles. The number of rotatable bonds is 7. The molecule has 2 heterocycles. The molecule has 16 heteroatoms. The number of carboxylic acids is 3. The first-order valence-electron chi connectivity index (χ1n) is 20.7. The number of aliphatic carboxylic acids is 3. The highest BCUT2D eigenvalue weighted by atomic mass is 16.8. The number of aliphatic hydroxyl groups is 5. The summed E-state index contributed by atoms with van der Waals surface area (Å²) in [5.74, 6) is -4.47. The first-order valence-corrected chi connectivity index (χ1v) is 20.7. The quantitative estimate of drug-likeness (QED) is 0.171. The van der Waals surface area contributed by atoms with Gasteiger partial charge in [0.15, 0.2) is 30.6 Å². The van der Waals surface area contributed by atoms with E-state index >= 15 is 0 Å². The third-order valence-electron chi connectivity index (χ3n) is 17.2. The summed E-state index contributed by atoms with van der Waals surface area (Å²) in [6.07, 6.45) is -12.2. The van der Waals surface area contributed by atoms with Gasteiger partial charge in [-0.3, -0.25) is 9.59 Å². The molecule has 326 valence electrons. The number of carbonyl (C=O) groups is 4. The third-order valence-corrected chi connectivity index (χ3v) is 17.2. The van der Waals surface area contributed by atoms with Crippen LogP contribution in [-0.2, 0) is 38.1 Å². The second-order valence-electron chi connectivity index (χ2n) is 20.6. The summed E-state index contributed by atoms with van der Waals surface area (Å²) in [7, 11) is 0. The van der Waals surface area contributed by atoms with Gasteiger partial charge in [-0.2, -0.15) is 0 Å². The molecule has 0 aromatic carbocycles. The van der Waals surface area contributed by atoms with Crippen LogP contribution in [0.5, 0.6) is 0 Å². The van der Waals surface area contributed by atoms with Gasteiger partial charge < -0.3 is 59.8 Å². The van der Waals surface area contributed by atoms with Gasteiger partial charge in [0.05, 0.1) is 11.5 Å². The minimum Gasteiger partial charge on any atom is -0.481 e. The molecule has 5 aliphatic carbocycles. The Kier molecular flexibility index (Phi) is 10.7. The molecule has 7 aliphatic rings. The normalized spacial score (nSPS) is 52.6. The van der Waals surface area contributed by atoms with E-state index in [1.165, 1.54) is 0 Å². The predicted molar refractivity (Wildman–Crippen MR) is 199 cm³/mol. The molecule has 0 bridgehead atoms. The fourth-order valence-electron chi connectivity index (χ4n) is 13.4. The van der Waals surface area contributed by atoms with E-state index < -0.39 is 107 Å². The van der Waals surface area contributed by atoms with Crippen molar-refractivity contribution in [1.82, 2.24) is 0 Å². The fraction of sp³-hybridized carbons (Fsp3) is 0.857. The molecule has 19 atom stereocenters. The van der Waals surface area contributed by atoms with Gasteiger partial charge in [0, 0.05) is 5.92 Å². The second kappa shape index (κ2) is 14.3. The molecule has 0 amide bonds. The van der Waals surface area contributed by atoms with E-state index in [-0.39, 0.29) is 34.4 Å². The molecule has 4 saturated carbocycles. The van der Waals surface area contributed by atoms with Crippen LogP contribution in [-0.4, -0.2) is 132 Å². The highest BCUT2D eigenvalue weighted by Gasteiger charge is 2.71. The van der Waals surface area contributed by atoms with E-state index in [0.717, 1.165) is 37.7 Å². The minimum atomic E-state index is -2.05. The molecular formula is C42H62O16. The van der Waals surface area contributed by atoms with Crippen molar-refractivity contribution < 1.29 is 79.0 Å². The summed E-state index contributed by atoms with van der Waals surface area (Å²) in [5, 5.41) is 83.0. The number of allylic oxidation sites excluding steroid dienone is 2. The lowest BCUT2D eigenvalue weighted by Gasteiger charge is -2.70. The molecule has 8 N–H and O–H groups in total. The van der Waals surface area contributed by atoms with E-state index in [0.29, 0.717) is 25.7 Å². The Morgan fingerprint density at radius 2 is 1.28 bits per heavy atom. The first kappa shape index (κ1) is 43.5. The van der Waals surface area contributed by atoms with Crippen molar-refractivity contribution in [2.24, 2.45) is 50.2 Å². The lowest BCUT2D eigenvalue weighted by Crippen LogP contribution is -2.68. The van der Waals surface area contributed by atoms with Gasteiger partial charge in [-0.05, 0) is 110 Å². The summed E-state index contributed by atoms with van der Waals surface area (Å²) in [5.41, 5.74) is -1.81. The van der Waals surface area contributed by atoms with Crippen LogP contribution in [0, 0.1) is 50.2 Å². The van der Waals surface area contributed by atoms with Crippen molar-refractivity contribution in [2.45, 2.75) is 174 Å². The van der Waals surface area contributed by atoms with Crippen molar-refractivity contribution >= 4 is 23.7 Å². The number of carboxylic acid groups (broad SMARTS) is 3. The Hall–Kier alpha value is -2.54. The van der Waals surface area contributed by atoms with E-state index in [4.69, 9.17) is 18.9 Å². The van der Waals surface area contributed by atoms with Crippen LogP contribution >= 0.6 is 0 Å². The van der Waals surface area contributed by atoms with E-state index in [1.807, 2.05) is 26.8 Å². The van der Waals surface area contributed by atoms with Gasteiger partial charge in [0.2, 0.25) is 0 Å². The molecule has 6 fully saturated rings. The minimum absolute atomic E-state index is 0.0217. The van der Waals surface area contributed by atoms with Crippen LogP contribution in [0.25, 0.3) is 0 Å². The van der Waals surface area contributed by atoms with Crippen molar-refractivity contribution in [3.63, 3.8) is 0 Å².